The molecule has 0 amide bonds. The van der Waals surface area contributed by atoms with E-state index in [0.717, 1.165) is 5.56 Å². The molecule has 0 bridgehead atoms. The van der Waals surface area contributed by atoms with E-state index in [2.05, 4.69) is 0 Å². The summed E-state index contributed by atoms with van der Waals surface area (Å²) in [5, 5.41) is 0.958. The average Bonchev–Trinajstić information content (AvgIpc) is 2.19. The third-order valence-corrected chi connectivity index (χ3v) is 2.54. The standard InChI is InChI=1S/C10H7Cl3O/c11-6-8(14)3-1-7-2-4-9(12)10(13)5-7/h1-5H,6H2. The fourth-order valence-corrected chi connectivity index (χ4v) is 1.25. The second-order valence-corrected chi connectivity index (χ2v) is 3.69. The maximum atomic E-state index is 10.9. The first-order valence-corrected chi connectivity index (χ1v) is 5.14. The summed E-state index contributed by atoms with van der Waals surface area (Å²) in [4.78, 5) is 10.9. The maximum Gasteiger partial charge on any atom is 0.170 e. The van der Waals surface area contributed by atoms with Gasteiger partial charge >= 0.3 is 0 Å². The van der Waals surface area contributed by atoms with Crippen molar-refractivity contribution in [3.8, 4) is 0 Å². The molecule has 0 N–H and O–H groups in total. The largest absolute Gasteiger partial charge is 0.294 e. The molecule has 0 aromatic heterocycles. The van der Waals surface area contributed by atoms with Gasteiger partial charge < -0.3 is 0 Å². The molecule has 0 heterocycles. The highest BCUT2D eigenvalue weighted by Crippen LogP contribution is 2.23. The van der Waals surface area contributed by atoms with E-state index >= 15 is 0 Å². The van der Waals surface area contributed by atoms with E-state index < -0.39 is 0 Å². The molecule has 0 aliphatic rings. The first-order valence-electron chi connectivity index (χ1n) is 3.85. The number of ketones is 1. The number of allylic oxidation sites excluding steroid dienone is 1. The van der Waals surface area contributed by atoms with E-state index in [1.54, 1.807) is 24.3 Å². The molecule has 1 rings (SSSR count). The predicted octanol–water partition coefficient (Wildman–Crippen LogP) is 3.81. The second-order valence-electron chi connectivity index (χ2n) is 2.61. The highest BCUT2D eigenvalue weighted by Gasteiger charge is 1.97. The smallest absolute Gasteiger partial charge is 0.170 e. The van der Waals surface area contributed by atoms with Gasteiger partial charge in [0.25, 0.3) is 0 Å². The molecule has 74 valence electrons. The number of carbonyl (C=O) groups excluding carboxylic acids is 1. The van der Waals surface area contributed by atoms with Gasteiger partial charge in [0.05, 0.1) is 15.9 Å². The topological polar surface area (TPSA) is 17.1 Å². The lowest BCUT2D eigenvalue weighted by Crippen LogP contribution is -1.91. The van der Waals surface area contributed by atoms with Crippen molar-refractivity contribution < 1.29 is 4.79 Å². The zero-order valence-electron chi connectivity index (χ0n) is 7.14. The molecule has 0 aliphatic carbocycles. The van der Waals surface area contributed by atoms with E-state index in [1.165, 1.54) is 6.08 Å². The molecule has 0 saturated carbocycles. The summed E-state index contributed by atoms with van der Waals surface area (Å²) < 4.78 is 0. The van der Waals surface area contributed by atoms with Gasteiger partial charge in [-0.3, -0.25) is 4.79 Å². The van der Waals surface area contributed by atoms with Gasteiger partial charge in [-0.2, -0.15) is 0 Å². The molecule has 1 aromatic rings. The molecule has 14 heavy (non-hydrogen) atoms. The Morgan fingerprint density at radius 3 is 2.57 bits per heavy atom. The Labute approximate surface area is 97.3 Å². The number of rotatable bonds is 3. The first kappa shape index (κ1) is 11.6. The third kappa shape index (κ3) is 3.33. The molecule has 0 unspecified atom stereocenters. The van der Waals surface area contributed by atoms with Crippen LogP contribution in [0.15, 0.2) is 24.3 Å². The summed E-state index contributed by atoms with van der Waals surface area (Å²) in [6.07, 6.45) is 3.06. The highest BCUT2D eigenvalue weighted by molar-refractivity contribution is 6.42. The molecule has 0 aliphatic heterocycles. The Morgan fingerprint density at radius 1 is 1.29 bits per heavy atom. The van der Waals surface area contributed by atoms with Crippen molar-refractivity contribution in [1.29, 1.82) is 0 Å². The van der Waals surface area contributed by atoms with Gasteiger partial charge in [0, 0.05) is 0 Å². The van der Waals surface area contributed by atoms with Crippen molar-refractivity contribution in [2.24, 2.45) is 0 Å². The van der Waals surface area contributed by atoms with Gasteiger partial charge in [-0.1, -0.05) is 35.3 Å². The number of hydrogen-bond acceptors (Lipinski definition) is 1. The Bertz CT molecular complexity index is 372. The molecular weight excluding hydrogens is 242 g/mol. The summed E-state index contributed by atoms with van der Waals surface area (Å²) in [5.74, 6) is -0.157. The van der Waals surface area contributed by atoms with Gasteiger partial charge in [-0.15, -0.1) is 11.6 Å². The Morgan fingerprint density at radius 2 is 2.00 bits per heavy atom. The van der Waals surface area contributed by atoms with Gasteiger partial charge in [-0.05, 0) is 23.8 Å². The van der Waals surface area contributed by atoms with Crippen LogP contribution in [0.4, 0.5) is 0 Å². The number of carbonyl (C=O) groups is 1. The van der Waals surface area contributed by atoms with Crippen molar-refractivity contribution in [2.75, 3.05) is 5.88 Å². The van der Waals surface area contributed by atoms with Crippen molar-refractivity contribution in [1.82, 2.24) is 0 Å². The second kappa shape index (κ2) is 5.40. The number of hydrogen-bond donors (Lipinski definition) is 0. The van der Waals surface area contributed by atoms with E-state index in [-0.39, 0.29) is 11.7 Å². The predicted molar refractivity (Wildman–Crippen MR) is 61.2 cm³/mol. The third-order valence-electron chi connectivity index (χ3n) is 1.54. The minimum Gasteiger partial charge on any atom is -0.294 e. The lowest BCUT2D eigenvalue weighted by molar-refractivity contribution is -0.112. The van der Waals surface area contributed by atoms with E-state index in [9.17, 15) is 4.79 Å². The number of benzene rings is 1. The monoisotopic (exact) mass is 248 g/mol. The molecule has 4 heteroatoms. The van der Waals surface area contributed by atoms with Crippen molar-refractivity contribution in [3.63, 3.8) is 0 Å². The van der Waals surface area contributed by atoms with E-state index in [0.29, 0.717) is 10.0 Å². The van der Waals surface area contributed by atoms with Crippen LogP contribution in [-0.2, 0) is 4.79 Å². The van der Waals surface area contributed by atoms with E-state index in [1.807, 2.05) is 0 Å². The summed E-state index contributed by atoms with van der Waals surface area (Å²) in [6.45, 7) is 0. The summed E-state index contributed by atoms with van der Waals surface area (Å²) in [7, 11) is 0. The zero-order chi connectivity index (χ0) is 10.6. The van der Waals surface area contributed by atoms with E-state index in [4.69, 9.17) is 34.8 Å². The number of alkyl halides is 1. The van der Waals surface area contributed by atoms with Gasteiger partial charge in [0.2, 0.25) is 0 Å². The maximum absolute atomic E-state index is 10.9. The van der Waals surface area contributed by atoms with Crippen LogP contribution in [0.2, 0.25) is 10.0 Å². The van der Waals surface area contributed by atoms with Gasteiger partial charge in [0.1, 0.15) is 0 Å². The Hall–Kier alpha value is -0.500. The highest BCUT2D eigenvalue weighted by atomic mass is 35.5. The molecule has 0 fully saturated rings. The summed E-state index contributed by atoms with van der Waals surface area (Å²) in [6, 6.07) is 5.13. The molecule has 1 nitrogen and oxygen atoms in total. The summed E-state index contributed by atoms with van der Waals surface area (Å²) >= 11 is 16.8. The van der Waals surface area contributed by atoms with Gasteiger partial charge in [-0.25, -0.2) is 0 Å². The number of halogens is 3. The quantitative estimate of drug-likeness (QED) is 0.588. The van der Waals surface area contributed by atoms with Gasteiger partial charge in [0.15, 0.2) is 5.78 Å². The van der Waals surface area contributed by atoms with Crippen molar-refractivity contribution in [3.05, 3.63) is 39.9 Å². The average molecular weight is 250 g/mol. The van der Waals surface area contributed by atoms with Crippen LogP contribution in [0.1, 0.15) is 5.56 Å². The molecule has 0 radical (unpaired) electrons. The molecule has 1 aromatic carbocycles. The normalized spacial score (nSPS) is 10.8. The fourth-order valence-electron chi connectivity index (χ4n) is 0.850. The van der Waals surface area contributed by atoms with Crippen LogP contribution in [0.5, 0.6) is 0 Å². The van der Waals surface area contributed by atoms with Crippen molar-refractivity contribution >= 4 is 46.7 Å². The lowest BCUT2D eigenvalue weighted by atomic mass is 10.2. The summed E-state index contributed by atoms with van der Waals surface area (Å²) in [5.41, 5.74) is 0.817. The SMILES string of the molecule is O=C(C=Cc1ccc(Cl)c(Cl)c1)CCl. The molecular formula is C10H7Cl3O. The zero-order valence-corrected chi connectivity index (χ0v) is 9.40. The van der Waals surface area contributed by atoms with Crippen LogP contribution in [0.25, 0.3) is 6.08 Å². The first-order chi connectivity index (χ1) is 6.63. The van der Waals surface area contributed by atoms with Crippen LogP contribution >= 0.6 is 34.8 Å². The van der Waals surface area contributed by atoms with Crippen LogP contribution in [0.3, 0.4) is 0 Å². The minimum absolute atomic E-state index is 0.0160. The molecule has 0 saturated heterocycles. The lowest BCUT2D eigenvalue weighted by Gasteiger charge is -1.96. The molecule has 0 spiro atoms. The van der Waals surface area contributed by atoms with Crippen LogP contribution in [-0.4, -0.2) is 11.7 Å². The fraction of sp³-hybridized carbons (Fsp3) is 0.100. The Balaban J connectivity index is 2.83. The molecule has 0 atom stereocenters. The van der Waals surface area contributed by atoms with Crippen LogP contribution < -0.4 is 0 Å². The Kier molecular flexibility index (Phi) is 4.46. The van der Waals surface area contributed by atoms with Crippen molar-refractivity contribution in [2.45, 2.75) is 0 Å². The minimum atomic E-state index is -0.141. The van der Waals surface area contributed by atoms with Crippen LogP contribution in [0, 0.1) is 0 Å².